The van der Waals surface area contributed by atoms with Crippen LogP contribution in [0.5, 0.6) is 0 Å². The third kappa shape index (κ3) is 3.07. The Hall–Kier alpha value is -2.74. The number of likely N-dealkylation sites (tertiary alicyclic amines) is 1. The van der Waals surface area contributed by atoms with Gasteiger partial charge in [0, 0.05) is 51.7 Å². The van der Waals surface area contributed by atoms with E-state index >= 15 is 0 Å². The average Bonchev–Trinajstić information content (AvgIpc) is 3.17. The van der Waals surface area contributed by atoms with Crippen LogP contribution in [0.3, 0.4) is 0 Å². The lowest BCUT2D eigenvalue weighted by atomic mass is 9.78. The van der Waals surface area contributed by atoms with Crippen LogP contribution in [0.15, 0.2) is 24.8 Å². The van der Waals surface area contributed by atoms with Crippen LogP contribution < -0.4 is 5.32 Å². The van der Waals surface area contributed by atoms with Crippen molar-refractivity contribution in [2.24, 2.45) is 0 Å². The van der Waals surface area contributed by atoms with Crippen LogP contribution in [0.2, 0.25) is 0 Å². The number of nitrogens with zero attached hydrogens (tertiary/aromatic N) is 4. The van der Waals surface area contributed by atoms with E-state index in [0.717, 1.165) is 17.0 Å². The molecule has 8 nitrogen and oxygen atoms in total. The van der Waals surface area contributed by atoms with Gasteiger partial charge in [-0.2, -0.15) is 0 Å². The minimum atomic E-state index is -0.384. The molecule has 28 heavy (non-hydrogen) atoms. The molecular formula is C20H26N6O2. The van der Waals surface area contributed by atoms with E-state index in [1.54, 1.807) is 37.7 Å². The summed E-state index contributed by atoms with van der Waals surface area (Å²) in [6, 6.07) is 1.57. The number of hydrogen-bond acceptors (Lipinski definition) is 5. The Morgan fingerprint density at radius 3 is 2.71 bits per heavy atom. The number of pyridine rings is 1. The van der Waals surface area contributed by atoms with Gasteiger partial charge in [-0.05, 0) is 31.4 Å². The number of aromatic amines is 1. The number of hydrogen-bond donors (Lipinski definition) is 2. The molecule has 2 aromatic heterocycles. The molecule has 0 saturated carbocycles. The zero-order valence-corrected chi connectivity index (χ0v) is 16.5. The van der Waals surface area contributed by atoms with E-state index in [0.29, 0.717) is 37.9 Å². The largest absolute Gasteiger partial charge is 0.348 e. The van der Waals surface area contributed by atoms with Crippen LogP contribution >= 0.6 is 0 Å². The molecule has 2 aliphatic heterocycles. The van der Waals surface area contributed by atoms with Crippen molar-refractivity contribution in [1.82, 2.24) is 30.1 Å². The van der Waals surface area contributed by atoms with Crippen LogP contribution in [0, 0.1) is 6.92 Å². The van der Waals surface area contributed by atoms with Crippen molar-refractivity contribution >= 4 is 11.8 Å². The Morgan fingerprint density at radius 1 is 1.29 bits per heavy atom. The van der Waals surface area contributed by atoms with Crippen LogP contribution in [0.4, 0.5) is 0 Å². The lowest BCUT2D eigenvalue weighted by molar-refractivity contribution is -0.132. The van der Waals surface area contributed by atoms with E-state index in [1.807, 2.05) is 17.9 Å². The van der Waals surface area contributed by atoms with Gasteiger partial charge in [0.1, 0.15) is 0 Å². The molecule has 2 N–H and O–H groups in total. The van der Waals surface area contributed by atoms with Crippen molar-refractivity contribution in [3.8, 4) is 0 Å². The summed E-state index contributed by atoms with van der Waals surface area (Å²) in [5, 5.41) is 3.58. The van der Waals surface area contributed by atoms with Gasteiger partial charge in [0.2, 0.25) is 5.91 Å². The molecular weight excluding hydrogens is 356 g/mol. The molecule has 4 rings (SSSR count). The zero-order chi connectivity index (χ0) is 19.9. The van der Waals surface area contributed by atoms with Gasteiger partial charge in [-0.3, -0.25) is 19.9 Å². The third-order valence-electron chi connectivity index (χ3n) is 5.94. The number of carbonyl (C=O) groups excluding carboxylic acids is 2. The molecule has 0 radical (unpaired) electrons. The van der Waals surface area contributed by atoms with Gasteiger partial charge in [0.25, 0.3) is 5.91 Å². The van der Waals surface area contributed by atoms with E-state index in [1.165, 1.54) is 0 Å². The Morgan fingerprint density at radius 2 is 2.04 bits per heavy atom. The highest BCUT2D eigenvalue weighted by molar-refractivity contribution is 5.95. The Balaban J connectivity index is 1.55. The lowest BCUT2D eigenvalue weighted by Crippen LogP contribution is -2.61. The van der Waals surface area contributed by atoms with Gasteiger partial charge in [-0.15, -0.1) is 0 Å². The monoisotopic (exact) mass is 382 g/mol. The molecule has 0 aromatic carbocycles. The number of H-pyrrole nitrogens is 1. The van der Waals surface area contributed by atoms with Gasteiger partial charge >= 0.3 is 0 Å². The number of fused-ring (bicyclic) bond motifs is 2. The van der Waals surface area contributed by atoms with Crippen LogP contribution in [0.25, 0.3) is 0 Å². The summed E-state index contributed by atoms with van der Waals surface area (Å²) in [7, 11) is 3.55. The second-order valence-electron chi connectivity index (χ2n) is 7.93. The molecule has 1 spiro atoms. The van der Waals surface area contributed by atoms with Crippen molar-refractivity contribution in [3.63, 3.8) is 0 Å². The van der Waals surface area contributed by atoms with Crippen molar-refractivity contribution in [3.05, 3.63) is 47.3 Å². The molecule has 1 fully saturated rings. The number of imidazole rings is 1. The van der Waals surface area contributed by atoms with E-state index < -0.39 is 0 Å². The van der Waals surface area contributed by atoms with Crippen molar-refractivity contribution in [1.29, 1.82) is 0 Å². The van der Waals surface area contributed by atoms with E-state index in [2.05, 4.69) is 20.3 Å². The molecule has 8 heteroatoms. The molecule has 148 valence electrons. The number of aryl methyl sites for hydroxylation is 1. The van der Waals surface area contributed by atoms with Crippen LogP contribution in [-0.4, -0.2) is 69.8 Å². The molecule has 0 unspecified atom stereocenters. The maximum atomic E-state index is 12.9. The van der Waals surface area contributed by atoms with Crippen molar-refractivity contribution < 1.29 is 9.59 Å². The first-order valence-corrected chi connectivity index (χ1v) is 9.63. The topological polar surface area (TPSA) is 94.2 Å². The summed E-state index contributed by atoms with van der Waals surface area (Å²) in [5.74, 6) is 0.0727. The highest BCUT2D eigenvalue weighted by Crippen LogP contribution is 2.38. The zero-order valence-electron chi connectivity index (χ0n) is 16.5. The predicted octanol–water partition coefficient (Wildman–Crippen LogP) is 0.847. The highest BCUT2D eigenvalue weighted by Gasteiger charge is 2.46. The number of piperidine rings is 1. The number of rotatable bonds is 2. The summed E-state index contributed by atoms with van der Waals surface area (Å²) < 4.78 is 0. The van der Waals surface area contributed by atoms with Crippen molar-refractivity contribution in [2.45, 2.75) is 37.8 Å². The fourth-order valence-electron chi connectivity index (χ4n) is 4.34. The highest BCUT2D eigenvalue weighted by atomic mass is 16.2. The first kappa shape index (κ1) is 18.6. The normalized spacial score (nSPS) is 20.7. The summed E-state index contributed by atoms with van der Waals surface area (Å²) in [6.45, 7) is 3.14. The average molecular weight is 382 g/mol. The second-order valence-corrected chi connectivity index (χ2v) is 7.93. The molecule has 1 atom stereocenters. The third-order valence-corrected chi connectivity index (χ3v) is 5.94. The van der Waals surface area contributed by atoms with Crippen LogP contribution in [0.1, 0.15) is 40.2 Å². The number of amides is 2. The summed E-state index contributed by atoms with van der Waals surface area (Å²) >= 11 is 0. The fourth-order valence-corrected chi connectivity index (χ4v) is 4.34. The Labute approximate surface area is 164 Å². The number of aromatic nitrogens is 3. The maximum Gasteiger partial charge on any atom is 0.255 e. The molecule has 1 saturated heterocycles. The number of likely N-dealkylation sites (N-methyl/N-ethyl adjacent to an activating group) is 1. The molecule has 0 aliphatic carbocycles. The quantitative estimate of drug-likeness (QED) is 0.803. The van der Waals surface area contributed by atoms with Gasteiger partial charge in [-0.25, -0.2) is 4.98 Å². The first-order chi connectivity index (χ1) is 13.4. The van der Waals surface area contributed by atoms with Gasteiger partial charge < -0.3 is 14.8 Å². The maximum absolute atomic E-state index is 12.9. The lowest BCUT2D eigenvalue weighted by Gasteiger charge is -2.46. The minimum Gasteiger partial charge on any atom is -0.348 e. The Bertz CT molecular complexity index is 898. The molecule has 2 aromatic rings. The summed E-state index contributed by atoms with van der Waals surface area (Å²) in [4.78, 5) is 40.9. The SMILES string of the molecule is Cc1ccncc1C(=O)N1CCC2(CC1)N[C@H](C(=O)N(C)C)Cc1[nH]cnc12. The second kappa shape index (κ2) is 7.01. The van der Waals surface area contributed by atoms with Gasteiger partial charge in [-0.1, -0.05) is 0 Å². The van der Waals surface area contributed by atoms with Crippen LogP contribution in [-0.2, 0) is 16.8 Å². The minimum absolute atomic E-state index is 0.0134. The number of carbonyl (C=O) groups is 2. The van der Waals surface area contributed by atoms with E-state index in [9.17, 15) is 9.59 Å². The number of nitrogens with one attached hydrogen (secondary N) is 2. The molecule has 0 bridgehead atoms. The summed E-state index contributed by atoms with van der Waals surface area (Å²) in [6.07, 6.45) is 7.07. The smallest absolute Gasteiger partial charge is 0.255 e. The Kier molecular flexibility index (Phi) is 4.66. The molecule has 2 amide bonds. The molecule has 4 heterocycles. The summed E-state index contributed by atoms with van der Waals surface area (Å²) in [5.41, 5.74) is 3.20. The predicted molar refractivity (Wildman–Crippen MR) is 104 cm³/mol. The van der Waals surface area contributed by atoms with Crippen molar-refractivity contribution in [2.75, 3.05) is 27.2 Å². The first-order valence-electron chi connectivity index (χ1n) is 9.63. The van der Waals surface area contributed by atoms with Gasteiger partial charge in [0.05, 0.1) is 29.2 Å². The standard InChI is InChI=1S/C20H26N6O2/c1-13-4-7-21-11-14(13)18(27)26-8-5-20(6-9-26)17-15(22-12-23-17)10-16(24-20)19(28)25(2)3/h4,7,11-12,16,24H,5-6,8-10H2,1-3H3,(H,22,23)/t16-/m0/s1. The van der Waals surface area contributed by atoms with E-state index in [-0.39, 0.29) is 23.4 Å². The van der Waals surface area contributed by atoms with Gasteiger partial charge in [0.15, 0.2) is 0 Å². The molecule has 2 aliphatic rings. The van der Waals surface area contributed by atoms with E-state index in [4.69, 9.17) is 0 Å². The fraction of sp³-hybridized carbons (Fsp3) is 0.500.